The second kappa shape index (κ2) is 6.63. The number of likely N-dealkylation sites (N-methyl/N-ethyl adjacent to an activating group) is 1. The van der Waals surface area contributed by atoms with Gasteiger partial charge in [-0.1, -0.05) is 6.92 Å². The molecule has 1 aliphatic heterocycles. The molecule has 5 heteroatoms. The first-order chi connectivity index (χ1) is 9.22. The maximum absolute atomic E-state index is 5.84. The Morgan fingerprint density at radius 3 is 3.00 bits per heavy atom. The van der Waals surface area contributed by atoms with Gasteiger partial charge in [-0.25, -0.2) is 0 Å². The van der Waals surface area contributed by atoms with Gasteiger partial charge in [-0.2, -0.15) is 0 Å². The number of benzene rings is 1. The first-order valence-electron chi connectivity index (χ1n) is 6.63. The molecular weight excluding hydrogens is 244 g/mol. The van der Waals surface area contributed by atoms with Crippen LogP contribution in [0, 0.1) is 0 Å². The summed E-state index contributed by atoms with van der Waals surface area (Å²) in [5, 5.41) is 0. The summed E-state index contributed by atoms with van der Waals surface area (Å²) in [5.74, 6) is 1.41. The van der Waals surface area contributed by atoms with Crippen molar-refractivity contribution in [3.8, 4) is 11.5 Å². The van der Waals surface area contributed by atoms with E-state index in [1.165, 1.54) is 0 Å². The smallest absolute Gasteiger partial charge is 0.142 e. The van der Waals surface area contributed by atoms with Gasteiger partial charge < -0.3 is 19.9 Å². The molecule has 1 saturated heterocycles. The van der Waals surface area contributed by atoms with Gasteiger partial charge in [0.1, 0.15) is 24.2 Å². The molecule has 1 aromatic carbocycles. The summed E-state index contributed by atoms with van der Waals surface area (Å²) in [5.41, 5.74) is 6.42. The first-order valence-corrected chi connectivity index (χ1v) is 6.63. The minimum absolute atomic E-state index is 0.122. The molecule has 0 aromatic heterocycles. The zero-order chi connectivity index (χ0) is 13.7. The van der Waals surface area contributed by atoms with E-state index in [1.54, 1.807) is 13.2 Å². The molecule has 0 radical (unpaired) electrons. The molecule has 1 atom stereocenters. The monoisotopic (exact) mass is 266 g/mol. The Morgan fingerprint density at radius 2 is 2.32 bits per heavy atom. The van der Waals surface area contributed by atoms with Crippen LogP contribution in [0.4, 0.5) is 5.69 Å². The molecule has 0 spiro atoms. The van der Waals surface area contributed by atoms with Crippen LogP contribution in [-0.2, 0) is 4.74 Å². The van der Waals surface area contributed by atoms with E-state index in [1.807, 2.05) is 12.1 Å². The fourth-order valence-corrected chi connectivity index (χ4v) is 2.16. The maximum Gasteiger partial charge on any atom is 0.142 e. The molecular formula is C14H22N2O3. The molecule has 0 bridgehead atoms. The van der Waals surface area contributed by atoms with Crippen molar-refractivity contribution in [2.24, 2.45) is 0 Å². The number of ether oxygens (including phenoxy) is 3. The summed E-state index contributed by atoms with van der Waals surface area (Å²) in [6.07, 6.45) is 0.122. The summed E-state index contributed by atoms with van der Waals surface area (Å²) < 4.78 is 16.5. The molecule has 2 N–H and O–H groups in total. The van der Waals surface area contributed by atoms with Gasteiger partial charge in [-0.3, -0.25) is 4.90 Å². The molecule has 0 aliphatic carbocycles. The molecule has 5 nitrogen and oxygen atoms in total. The minimum Gasteiger partial charge on any atom is -0.495 e. The first kappa shape index (κ1) is 14.0. The molecule has 1 aromatic rings. The molecule has 0 amide bonds. The minimum atomic E-state index is 0.122. The lowest BCUT2D eigenvalue weighted by Crippen LogP contribution is -2.44. The van der Waals surface area contributed by atoms with E-state index < -0.39 is 0 Å². The standard InChI is InChI=1S/C14H22N2O3/c1-3-16-6-7-18-12(9-16)10-19-11-4-5-14(17-2)13(15)8-11/h4-5,8,12H,3,6-7,9-10,15H2,1-2H3. The molecule has 1 unspecified atom stereocenters. The normalized spacial score (nSPS) is 20.2. The largest absolute Gasteiger partial charge is 0.495 e. The van der Waals surface area contributed by atoms with Gasteiger partial charge in [0, 0.05) is 19.2 Å². The van der Waals surface area contributed by atoms with E-state index in [-0.39, 0.29) is 6.10 Å². The number of nitrogens with zero attached hydrogens (tertiary/aromatic N) is 1. The third kappa shape index (κ3) is 3.75. The van der Waals surface area contributed by atoms with E-state index >= 15 is 0 Å². The third-order valence-corrected chi connectivity index (χ3v) is 3.31. The number of hydrogen-bond acceptors (Lipinski definition) is 5. The van der Waals surface area contributed by atoms with Crippen LogP contribution in [0.25, 0.3) is 0 Å². The van der Waals surface area contributed by atoms with Crippen LogP contribution in [0.1, 0.15) is 6.92 Å². The molecule has 1 fully saturated rings. The summed E-state index contributed by atoms with van der Waals surface area (Å²) >= 11 is 0. The summed E-state index contributed by atoms with van der Waals surface area (Å²) in [6.45, 7) is 6.45. The van der Waals surface area contributed by atoms with E-state index in [0.717, 1.165) is 32.0 Å². The van der Waals surface area contributed by atoms with Crippen LogP contribution >= 0.6 is 0 Å². The topological polar surface area (TPSA) is 57.0 Å². The van der Waals surface area contributed by atoms with Gasteiger partial charge in [0.05, 0.1) is 19.4 Å². The lowest BCUT2D eigenvalue weighted by atomic mass is 10.2. The van der Waals surface area contributed by atoms with Crippen LogP contribution in [0.3, 0.4) is 0 Å². The van der Waals surface area contributed by atoms with E-state index in [9.17, 15) is 0 Å². The van der Waals surface area contributed by atoms with Crippen molar-refractivity contribution in [1.82, 2.24) is 4.90 Å². The molecule has 106 valence electrons. The Hall–Kier alpha value is -1.46. The average Bonchev–Trinajstić information content (AvgIpc) is 2.45. The van der Waals surface area contributed by atoms with Gasteiger partial charge >= 0.3 is 0 Å². The van der Waals surface area contributed by atoms with Crippen molar-refractivity contribution in [3.63, 3.8) is 0 Å². The molecule has 2 rings (SSSR count). The number of hydrogen-bond donors (Lipinski definition) is 1. The lowest BCUT2D eigenvalue weighted by molar-refractivity contribution is -0.0464. The third-order valence-electron chi connectivity index (χ3n) is 3.31. The highest BCUT2D eigenvalue weighted by atomic mass is 16.5. The number of anilines is 1. The van der Waals surface area contributed by atoms with Gasteiger partial charge in [0.25, 0.3) is 0 Å². The Morgan fingerprint density at radius 1 is 1.47 bits per heavy atom. The summed E-state index contributed by atoms with van der Waals surface area (Å²) in [7, 11) is 1.60. The molecule has 19 heavy (non-hydrogen) atoms. The second-order valence-corrected chi connectivity index (χ2v) is 4.60. The molecule has 1 heterocycles. The predicted octanol–water partition coefficient (Wildman–Crippen LogP) is 1.38. The quantitative estimate of drug-likeness (QED) is 0.816. The van der Waals surface area contributed by atoms with Crippen LogP contribution in [0.5, 0.6) is 11.5 Å². The Balaban J connectivity index is 1.86. The summed E-state index contributed by atoms with van der Waals surface area (Å²) in [6, 6.07) is 5.44. The van der Waals surface area contributed by atoms with E-state index in [4.69, 9.17) is 19.9 Å². The van der Waals surface area contributed by atoms with Crippen LogP contribution in [-0.4, -0.2) is 51.0 Å². The fourth-order valence-electron chi connectivity index (χ4n) is 2.16. The number of nitrogens with two attached hydrogens (primary N) is 1. The molecule has 0 saturated carbocycles. The fraction of sp³-hybridized carbons (Fsp3) is 0.571. The Labute approximate surface area is 114 Å². The van der Waals surface area contributed by atoms with E-state index in [0.29, 0.717) is 18.0 Å². The lowest BCUT2D eigenvalue weighted by Gasteiger charge is -2.31. The zero-order valence-electron chi connectivity index (χ0n) is 11.6. The van der Waals surface area contributed by atoms with E-state index in [2.05, 4.69) is 11.8 Å². The van der Waals surface area contributed by atoms with Crippen molar-refractivity contribution in [2.45, 2.75) is 13.0 Å². The van der Waals surface area contributed by atoms with Gasteiger partial charge in [0.15, 0.2) is 0 Å². The van der Waals surface area contributed by atoms with Crippen LogP contribution in [0.15, 0.2) is 18.2 Å². The summed E-state index contributed by atoms with van der Waals surface area (Å²) in [4.78, 5) is 2.36. The van der Waals surface area contributed by atoms with Crippen LogP contribution < -0.4 is 15.2 Å². The van der Waals surface area contributed by atoms with Crippen molar-refractivity contribution < 1.29 is 14.2 Å². The number of morpholine rings is 1. The van der Waals surface area contributed by atoms with Crippen molar-refractivity contribution in [1.29, 1.82) is 0 Å². The van der Waals surface area contributed by atoms with Gasteiger partial charge in [-0.15, -0.1) is 0 Å². The highest BCUT2D eigenvalue weighted by Gasteiger charge is 2.19. The highest BCUT2D eigenvalue weighted by molar-refractivity contribution is 5.56. The van der Waals surface area contributed by atoms with Crippen LogP contribution in [0.2, 0.25) is 0 Å². The number of methoxy groups -OCH3 is 1. The zero-order valence-corrected chi connectivity index (χ0v) is 11.6. The van der Waals surface area contributed by atoms with Crippen molar-refractivity contribution >= 4 is 5.69 Å². The Kier molecular flexibility index (Phi) is 4.87. The molecule has 1 aliphatic rings. The maximum atomic E-state index is 5.84. The average molecular weight is 266 g/mol. The Bertz CT molecular complexity index is 412. The van der Waals surface area contributed by atoms with Gasteiger partial charge in [-0.05, 0) is 18.7 Å². The van der Waals surface area contributed by atoms with Gasteiger partial charge in [0.2, 0.25) is 0 Å². The van der Waals surface area contributed by atoms with Crippen molar-refractivity contribution in [3.05, 3.63) is 18.2 Å². The SMILES string of the molecule is CCN1CCOC(COc2ccc(OC)c(N)c2)C1. The highest BCUT2D eigenvalue weighted by Crippen LogP contribution is 2.26. The van der Waals surface area contributed by atoms with Crippen molar-refractivity contribution in [2.75, 3.05) is 45.7 Å². The second-order valence-electron chi connectivity index (χ2n) is 4.60. The number of rotatable bonds is 5. The predicted molar refractivity (Wildman–Crippen MR) is 74.8 cm³/mol. The number of nitrogen functional groups attached to an aromatic ring is 1.